The summed E-state index contributed by atoms with van der Waals surface area (Å²) in [4.78, 5) is 23.1. The summed E-state index contributed by atoms with van der Waals surface area (Å²) in [7, 11) is 0. The first-order valence-electron chi connectivity index (χ1n) is 6.42. The predicted octanol–water partition coefficient (Wildman–Crippen LogP) is 2.33. The molecule has 2 N–H and O–H groups in total. The molecule has 0 atom stereocenters. The Morgan fingerprint density at radius 1 is 1.29 bits per heavy atom. The van der Waals surface area contributed by atoms with Gasteiger partial charge in [-0.2, -0.15) is 0 Å². The van der Waals surface area contributed by atoms with Crippen LogP contribution in [0.2, 0.25) is 0 Å². The Morgan fingerprint density at radius 3 is 2.12 bits per heavy atom. The zero-order valence-corrected chi connectivity index (χ0v) is 11.0. The number of carboxylic acid groups (broad SMARTS) is 1. The summed E-state index contributed by atoms with van der Waals surface area (Å²) in [6, 6.07) is 0. The normalized spacial score (nSPS) is 18.3. The monoisotopic (exact) mass is 241 g/mol. The average Bonchev–Trinajstić information content (AvgIpc) is 2.22. The van der Waals surface area contributed by atoms with Crippen LogP contribution >= 0.6 is 0 Å². The van der Waals surface area contributed by atoms with Gasteiger partial charge in [-0.1, -0.05) is 20.3 Å². The first-order valence-corrected chi connectivity index (χ1v) is 6.42. The van der Waals surface area contributed by atoms with Crippen molar-refractivity contribution in [2.45, 2.75) is 64.8 Å². The smallest absolute Gasteiger partial charge is 0.310 e. The molecule has 1 amide bonds. The molecule has 1 fully saturated rings. The molecular formula is C13H23NO3. The summed E-state index contributed by atoms with van der Waals surface area (Å²) < 4.78 is 0. The number of carboxylic acids is 1. The summed E-state index contributed by atoms with van der Waals surface area (Å²) in [6.45, 7) is 6.05. The summed E-state index contributed by atoms with van der Waals surface area (Å²) >= 11 is 0. The zero-order valence-electron chi connectivity index (χ0n) is 11.0. The fourth-order valence-corrected chi connectivity index (χ4v) is 2.18. The molecule has 0 radical (unpaired) electrons. The summed E-state index contributed by atoms with van der Waals surface area (Å²) in [6.07, 6.45) is 4.01. The van der Waals surface area contributed by atoms with Crippen molar-refractivity contribution in [1.29, 1.82) is 0 Å². The molecule has 0 heterocycles. The third-order valence-corrected chi connectivity index (χ3v) is 4.27. The van der Waals surface area contributed by atoms with Gasteiger partial charge in [-0.25, -0.2) is 0 Å². The zero-order chi connectivity index (χ0) is 13.1. The van der Waals surface area contributed by atoms with Gasteiger partial charge in [0, 0.05) is 12.0 Å². The van der Waals surface area contributed by atoms with Crippen molar-refractivity contribution in [3.05, 3.63) is 0 Å². The number of carbonyl (C=O) groups is 2. The van der Waals surface area contributed by atoms with Gasteiger partial charge in [0.1, 0.15) is 0 Å². The molecule has 0 bridgehead atoms. The lowest BCUT2D eigenvalue weighted by molar-refractivity contribution is -0.158. The van der Waals surface area contributed by atoms with Gasteiger partial charge < -0.3 is 10.4 Å². The SMILES string of the molecule is CCC(C)(CC)NC(=O)CC1(C(=O)O)CCC1. The lowest BCUT2D eigenvalue weighted by Crippen LogP contribution is -2.49. The van der Waals surface area contributed by atoms with Crippen LogP contribution in [0.5, 0.6) is 0 Å². The highest BCUT2D eigenvalue weighted by Gasteiger charge is 2.46. The lowest BCUT2D eigenvalue weighted by Gasteiger charge is -2.38. The van der Waals surface area contributed by atoms with Crippen LogP contribution in [0.15, 0.2) is 0 Å². The largest absolute Gasteiger partial charge is 0.481 e. The highest BCUT2D eigenvalue weighted by Crippen LogP contribution is 2.44. The van der Waals surface area contributed by atoms with Crippen LogP contribution in [0.3, 0.4) is 0 Å². The molecule has 0 unspecified atom stereocenters. The van der Waals surface area contributed by atoms with E-state index in [0.717, 1.165) is 19.3 Å². The molecule has 4 nitrogen and oxygen atoms in total. The van der Waals surface area contributed by atoms with E-state index in [-0.39, 0.29) is 17.9 Å². The van der Waals surface area contributed by atoms with Crippen molar-refractivity contribution < 1.29 is 14.7 Å². The highest BCUT2D eigenvalue weighted by atomic mass is 16.4. The van der Waals surface area contributed by atoms with E-state index in [9.17, 15) is 9.59 Å². The van der Waals surface area contributed by atoms with Crippen molar-refractivity contribution in [3.63, 3.8) is 0 Å². The summed E-state index contributed by atoms with van der Waals surface area (Å²) in [5.41, 5.74) is -0.993. The van der Waals surface area contributed by atoms with Crippen molar-refractivity contribution >= 4 is 11.9 Å². The van der Waals surface area contributed by atoms with Gasteiger partial charge in [0.2, 0.25) is 5.91 Å². The Morgan fingerprint density at radius 2 is 1.82 bits per heavy atom. The Hall–Kier alpha value is -1.06. The molecule has 0 saturated heterocycles. The maximum absolute atomic E-state index is 11.9. The molecule has 1 aliphatic rings. The van der Waals surface area contributed by atoms with Crippen LogP contribution in [-0.4, -0.2) is 22.5 Å². The van der Waals surface area contributed by atoms with E-state index in [1.807, 2.05) is 20.8 Å². The number of rotatable bonds is 6. The van der Waals surface area contributed by atoms with E-state index in [0.29, 0.717) is 12.8 Å². The third kappa shape index (κ3) is 2.99. The number of hydrogen-bond donors (Lipinski definition) is 2. The third-order valence-electron chi connectivity index (χ3n) is 4.27. The van der Waals surface area contributed by atoms with Crippen LogP contribution in [0.4, 0.5) is 0 Å². The maximum Gasteiger partial charge on any atom is 0.310 e. The average molecular weight is 241 g/mol. The molecule has 0 aromatic heterocycles. The molecule has 0 aromatic carbocycles. The number of amides is 1. The van der Waals surface area contributed by atoms with Gasteiger partial charge in [-0.05, 0) is 32.6 Å². The molecule has 1 saturated carbocycles. The van der Waals surface area contributed by atoms with E-state index < -0.39 is 11.4 Å². The van der Waals surface area contributed by atoms with Gasteiger partial charge in [0.15, 0.2) is 0 Å². The van der Waals surface area contributed by atoms with Gasteiger partial charge in [0.05, 0.1) is 5.41 Å². The van der Waals surface area contributed by atoms with E-state index in [1.54, 1.807) is 0 Å². The first kappa shape index (κ1) is 14.0. The second-order valence-electron chi connectivity index (χ2n) is 5.43. The quantitative estimate of drug-likeness (QED) is 0.750. The Balaban J connectivity index is 2.57. The van der Waals surface area contributed by atoms with Crippen LogP contribution in [0.25, 0.3) is 0 Å². The molecule has 1 aliphatic carbocycles. The van der Waals surface area contributed by atoms with Crippen LogP contribution in [0, 0.1) is 5.41 Å². The van der Waals surface area contributed by atoms with Crippen LogP contribution in [-0.2, 0) is 9.59 Å². The minimum atomic E-state index is -0.825. The van der Waals surface area contributed by atoms with E-state index in [2.05, 4.69) is 5.32 Å². The number of hydrogen-bond acceptors (Lipinski definition) is 2. The minimum absolute atomic E-state index is 0.123. The molecule has 98 valence electrons. The topological polar surface area (TPSA) is 66.4 Å². The van der Waals surface area contributed by atoms with Crippen molar-refractivity contribution in [1.82, 2.24) is 5.32 Å². The minimum Gasteiger partial charge on any atom is -0.481 e. The highest BCUT2D eigenvalue weighted by molar-refractivity contribution is 5.86. The first-order chi connectivity index (χ1) is 7.87. The van der Waals surface area contributed by atoms with Crippen LogP contribution < -0.4 is 5.32 Å². The lowest BCUT2D eigenvalue weighted by atomic mass is 9.66. The van der Waals surface area contributed by atoms with Gasteiger partial charge in [-0.3, -0.25) is 9.59 Å². The van der Waals surface area contributed by atoms with Gasteiger partial charge in [0.25, 0.3) is 0 Å². The van der Waals surface area contributed by atoms with Crippen molar-refractivity contribution in [2.75, 3.05) is 0 Å². The molecular weight excluding hydrogens is 218 g/mol. The second kappa shape index (κ2) is 5.07. The molecule has 17 heavy (non-hydrogen) atoms. The van der Waals surface area contributed by atoms with Crippen LogP contribution in [0.1, 0.15) is 59.3 Å². The second-order valence-corrected chi connectivity index (χ2v) is 5.43. The number of nitrogens with one attached hydrogen (secondary N) is 1. The predicted molar refractivity (Wildman–Crippen MR) is 65.7 cm³/mol. The number of aliphatic carboxylic acids is 1. The number of carbonyl (C=O) groups excluding carboxylic acids is 1. The Labute approximate surface area is 103 Å². The molecule has 0 aliphatic heterocycles. The Bertz CT molecular complexity index is 304. The van der Waals surface area contributed by atoms with E-state index in [4.69, 9.17) is 5.11 Å². The summed E-state index contributed by atoms with van der Waals surface area (Å²) in [5, 5.41) is 12.1. The Kier molecular flexibility index (Phi) is 4.17. The van der Waals surface area contributed by atoms with Crippen molar-refractivity contribution in [3.8, 4) is 0 Å². The van der Waals surface area contributed by atoms with E-state index in [1.165, 1.54) is 0 Å². The fraction of sp³-hybridized carbons (Fsp3) is 0.846. The van der Waals surface area contributed by atoms with E-state index >= 15 is 0 Å². The van der Waals surface area contributed by atoms with Gasteiger partial charge >= 0.3 is 5.97 Å². The molecule has 0 aromatic rings. The molecule has 1 rings (SSSR count). The van der Waals surface area contributed by atoms with Gasteiger partial charge in [-0.15, -0.1) is 0 Å². The summed E-state index contributed by atoms with van der Waals surface area (Å²) in [5.74, 6) is -0.952. The van der Waals surface area contributed by atoms with Crippen molar-refractivity contribution in [2.24, 2.45) is 5.41 Å². The molecule has 4 heteroatoms. The fourth-order valence-electron chi connectivity index (χ4n) is 2.18. The maximum atomic E-state index is 11.9. The molecule has 0 spiro atoms. The standard InChI is InChI=1S/C13H23NO3/c1-4-12(3,5-2)14-10(15)9-13(11(16)17)7-6-8-13/h4-9H2,1-3H3,(H,14,15)(H,16,17).